The Hall–Kier alpha value is -2.19. The highest BCUT2D eigenvalue weighted by atomic mass is 35.5. The number of benzene rings is 1. The highest BCUT2D eigenvalue weighted by molar-refractivity contribution is 6.33. The molecule has 0 saturated heterocycles. The van der Waals surface area contributed by atoms with Crippen LogP contribution in [-0.4, -0.2) is 17.7 Å². The molecule has 2 aromatic rings. The zero-order chi connectivity index (χ0) is 17.0. The van der Waals surface area contributed by atoms with Gasteiger partial charge >= 0.3 is 12.2 Å². The van der Waals surface area contributed by atoms with Crippen molar-refractivity contribution in [2.24, 2.45) is 0 Å². The maximum atomic E-state index is 12.5. The summed E-state index contributed by atoms with van der Waals surface area (Å²) in [5.41, 5.74) is -0.912. The van der Waals surface area contributed by atoms with Crippen molar-refractivity contribution in [1.82, 2.24) is 5.32 Å². The van der Waals surface area contributed by atoms with E-state index in [4.69, 9.17) is 16.0 Å². The molecule has 0 fully saturated rings. The predicted molar refractivity (Wildman–Crippen MR) is 77.1 cm³/mol. The molecule has 0 radical (unpaired) electrons. The molecule has 124 valence electrons. The quantitative estimate of drug-likeness (QED) is 0.786. The van der Waals surface area contributed by atoms with Crippen LogP contribution in [0.15, 0.2) is 41.0 Å². The Balaban J connectivity index is 2.05. The van der Waals surface area contributed by atoms with Crippen molar-refractivity contribution in [3.8, 4) is 0 Å². The topological polar surface area (TPSA) is 74.5 Å². The molecule has 1 unspecified atom stereocenters. The lowest BCUT2D eigenvalue weighted by molar-refractivity contribution is -0.137. The number of hydrogen-bond donors (Lipinski definition) is 3. The van der Waals surface area contributed by atoms with Crippen LogP contribution in [0.5, 0.6) is 0 Å². The maximum Gasteiger partial charge on any atom is 0.416 e. The number of carbonyl (C=O) groups is 1. The average molecular weight is 349 g/mol. The third-order valence-electron chi connectivity index (χ3n) is 2.92. The predicted octanol–water partition coefficient (Wildman–Crippen LogP) is 3.81. The van der Waals surface area contributed by atoms with Crippen molar-refractivity contribution < 1.29 is 27.5 Å². The first kappa shape index (κ1) is 17.2. The summed E-state index contributed by atoms with van der Waals surface area (Å²) in [6.07, 6.45) is -3.14. The molecular weight excluding hydrogens is 337 g/mol. The van der Waals surface area contributed by atoms with E-state index in [0.717, 1.165) is 12.1 Å². The number of hydrogen-bond acceptors (Lipinski definition) is 3. The van der Waals surface area contributed by atoms with Crippen LogP contribution in [-0.2, 0) is 6.18 Å². The summed E-state index contributed by atoms with van der Waals surface area (Å²) >= 11 is 5.74. The zero-order valence-electron chi connectivity index (χ0n) is 11.5. The van der Waals surface area contributed by atoms with Gasteiger partial charge in [0.1, 0.15) is 11.8 Å². The Morgan fingerprint density at radius 3 is 2.61 bits per heavy atom. The summed E-state index contributed by atoms with van der Waals surface area (Å²) in [7, 11) is 0. The standard InChI is InChI=1S/C14H12ClF3N2O3/c15-9-6-8(14(16,17)18)3-4-10(9)19-13(22)20-11(7-21)12-2-1-5-23-12/h1-6,11,21H,7H2,(H2,19,20,22). The van der Waals surface area contributed by atoms with E-state index in [9.17, 15) is 23.1 Å². The second-order valence-corrected chi connectivity index (χ2v) is 4.95. The van der Waals surface area contributed by atoms with Gasteiger partial charge in [0, 0.05) is 0 Å². The lowest BCUT2D eigenvalue weighted by Crippen LogP contribution is -2.34. The number of rotatable bonds is 4. The van der Waals surface area contributed by atoms with E-state index in [-0.39, 0.29) is 10.7 Å². The van der Waals surface area contributed by atoms with Crippen LogP contribution in [0, 0.1) is 0 Å². The lowest BCUT2D eigenvalue weighted by Gasteiger charge is -2.16. The first-order valence-electron chi connectivity index (χ1n) is 6.40. The lowest BCUT2D eigenvalue weighted by atomic mass is 10.2. The third-order valence-corrected chi connectivity index (χ3v) is 3.23. The molecule has 1 aromatic carbocycles. The number of aliphatic hydroxyl groups excluding tert-OH is 1. The number of furan rings is 1. The fraction of sp³-hybridized carbons (Fsp3) is 0.214. The Labute approximate surface area is 134 Å². The molecule has 5 nitrogen and oxygen atoms in total. The second kappa shape index (κ2) is 6.93. The molecule has 0 spiro atoms. The van der Waals surface area contributed by atoms with Crippen LogP contribution in [0.1, 0.15) is 17.4 Å². The summed E-state index contributed by atoms with van der Waals surface area (Å²) < 4.78 is 42.7. The van der Waals surface area contributed by atoms with Gasteiger partial charge < -0.3 is 20.2 Å². The van der Waals surface area contributed by atoms with Gasteiger partial charge in [-0.15, -0.1) is 0 Å². The van der Waals surface area contributed by atoms with Crippen LogP contribution in [0.3, 0.4) is 0 Å². The highest BCUT2D eigenvalue weighted by Crippen LogP contribution is 2.33. The maximum absolute atomic E-state index is 12.5. The molecule has 1 atom stereocenters. The molecule has 9 heteroatoms. The van der Waals surface area contributed by atoms with Crippen molar-refractivity contribution in [1.29, 1.82) is 0 Å². The largest absolute Gasteiger partial charge is 0.467 e. The number of alkyl halides is 3. The minimum Gasteiger partial charge on any atom is -0.467 e. The van der Waals surface area contributed by atoms with Gasteiger partial charge in [-0.25, -0.2) is 4.79 Å². The van der Waals surface area contributed by atoms with E-state index in [2.05, 4.69) is 10.6 Å². The van der Waals surface area contributed by atoms with Crippen LogP contribution >= 0.6 is 11.6 Å². The van der Waals surface area contributed by atoms with Crippen LogP contribution in [0.25, 0.3) is 0 Å². The molecule has 0 aliphatic carbocycles. The van der Waals surface area contributed by atoms with E-state index < -0.39 is 30.4 Å². The Kier molecular flexibility index (Phi) is 5.17. The first-order valence-corrected chi connectivity index (χ1v) is 6.77. The minimum absolute atomic E-state index is 0.00769. The molecule has 0 aliphatic rings. The van der Waals surface area contributed by atoms with Gasteiger partial charge in [0.05, 0.1) is 29.1 Å². The molecule has 2 amide bonds. The Morgan fingerprint density at radius 1 is 1.35 bits per heavy atom. The van der Waals surface area contributed by atoms with E-state index in [1.165, 1.54) is 6.26 Å². The van der Waals surface area contributed by atoms with Crippen molar-refractivity contribution in [2.75, 3.05) is 11.9 Å². The van der Waals surface area contributed by atoms with Gasteiger partial charge in [0.2, 0.25) is 0 Å². The minimum atomic E-state index is -4.52. The summed E-state index contributed by atoms with van der Waals surface area (Å²) in [4.78, 5) is 11.9. The van der Waals surface area contributed by atoms with Crippen LogP contribution in [0.2, 0.25) is 5.02 Å². The van der Waals surface area contributed by atoms with E-state index in [1.54, 1.807) is 12.1 Å². The average Bonchev–Trinajstić information content (AvgIpc) is 3.00. The molecule has 1 heterocycles. The van der Waals surface area contributed by atoms with Crippen molar-refractivity contribution >= 4 is 23.3 Å². The monoisotopic (exact) mass is 348 g/mol. The molecule has 0 bridgehead atoms. The number of amides is 2. The summed E-state index contributed by atoms with van der Waals surface area (Å²) in [5, 5.41) is 13.7. The number of nitrogens with one attached hydrogen (secondary N) is 2. The third kappa shape index (κ3) is 4.40. The summed E-state index contributed by atoms with van der Waals surface area (Å²) in [6.45, 7) is -0.415. The van der Waals surface area contributed by atoms with Gasteiger partial charge in [-0.3, -0.25) is 0 Å². The van der Waals surface area contributed by atoms with Crippen molar-refractivity contribution in [2.45, 2.75) is 12.2 Å². The smallest absolute Gasteiger partial charge is 0.416 e. The van der Waals surface area contributed by atoms with Gasteiger partial charge in [0.25, 0.3) is 0 Å². The van der Waals surface area contributed by atoms with Crippen molar-refractivity contribution in [3.05, 3.63) is 52.9 Å². The number of halogens is 4. The van der Waals surface area contributed by atoms with E-state index >= 15 is 0 Å². The molecule has 1 aromatic heterocycles. The molecular formula is C14H12ClF3N2O3. The van der Waals surface area contributed by atoms with E-state index in [0.29, 0.717) is 11.8 Å². The Bertz CT molecular complexity index is 674. The molecule has 23 heavy (non-hydrogen) atoms. The van der Waals surface area contributed by atoms with Gasteiger partial charge in [-0.05, 0) is 30.3 Å². The normalized spacial score (nSPS) is 12.7. The molecule has 0 aliphatic heterocycles. The van der Waals surface area contributed by atoms with Gasteiger partial charge in [-0.1, -0.05) is 11.6 Å². The van der Waals surface area contributed by atoms with Gasteiger partial charge in [-0.2, -0.15) is 13.2 Å². The van der Waals surface area contributed by atoms with Crippen LogP contribution in [0.4, 0.5) is 23.7 Å². The zero-order valence-corrected chi connectivity index (χ0v) is 12.3. The number of aliphatic hydroxyl groups is 1. The molecule has 3 N–H and O–H groups in total. The SMILES string of the molecule is O=C(Nc1ccc(C(F)(F)F)cc1Cl)NC(CO)c1ccco1. The molecule has 2 rings (SSSR count). The number of carbonyl (C=O) groups excluding carboxylic acids is 1. The Morgan fingerprint density at radius 2 is 2.09 bits per heavy atom. The fourth-order valence-corrected chi connectivity index (χ4v) is 2.03. The number of anilines is 1. The number of urea groups is 1. The summed E-state index contributed by atoms with van der Waals surface area (Å²) in [6, 6.07) is 4.17. The summed E-state index contributed by atoms with van der Waals surface area (Å²) in [5.74, 6) is 0.334. The molecule has 0 saturated carbocycles. The highest BCUT2D eigenvalue weighted by Gasteiger charge is 2.31. The first-order chi connectivity index (χ1) is 10.8. The fourth-order valence-electron chi connectivity index (χ4n) is 1.81. The second-order valence-electron chi connectivity index (χ2n) is 4.54. The van der Waals surface area contributed by atoms with Gasteiger partial charge in [0.15, 0.2) is 0 Å². The van der Waals surface area contributed by atoms with Crippen LogP contribution < -0.4 is 10.6 Å². The van der Waals surface area contributed by atoms with E-state index in [1.807, 2.05) is 0 Å². The van der Waals surface area contributed by atoms with Crippen molar-refractivity contribution in [3.63, 3.8) is 0 Å².